The largest absolute Gasteiger partial charge is 0.365 e. The second-order valence-electron chi connectivity index (χ2n) is 7.72. The Labute approximate surface area is 134 Å². The summed E-state index contributed by atoms with van der Waals surface area (Å²) in [6.45, 7) is 15.8. The summed E-state index contributed by atoms with van der Waals surface area (Å²) >= 11 is 6.25. The first-order chi connectivity index (χ1) is 9.70. The summed E-state index contributed by atoms with van der Waals surface area (Å²) in [4.78, 5) is 2.57. The van der Waals surface area contributed by atoms with E-state index in [-0.39, 0.29) is 5.41 Å². The van der Waals surface area contributed by atoms with Gasteiger partial charge in [0, 0.05) is 35.9 Å². The van der Waals surface area contributed by atoms with E-state index in [1.54, 1.807) is 0 Å². The Morgan fingerprint density at radius 2 is 1.95 bits per heavy atom. The van der Waals surface area contributed by atoms with Gasteiger partial charge in [-0.1, -0.05) is 52.3 Å². The molecule has 2 unspecified atom stereocenters. The van der Waals surface area contributed by atoms with Crippen LogP contribution >= 0.6 is 11.6 Å². The van der Waals surface area contributed by atoms with Gasteiger partial charge >= 0.3 is 0 Å². The van der Waals surface area contributed by atoms with E-state index in [1.165, 1.54) is 11.3 Å². The molecule has 3 heteroatoms. The number of rotatable bonds is 2. The molecule has 2 nitrogen and oxygen atoms in total. The lowest BCUT2D eigenvalue weighted by atomic mass is 9.83. The summed E-state index contributed by atoms with van der Waals surface area (Å²) in [6, 6.07) is 7.24. The fraction of sp³-hybridized carbons (Fsp3) is 0.667. The van der Waals surface area contributed by atoms with Crippen LogP contribution in [0.5, 0.6) is 0 Å². The van der Waals surface area contributed by atoms with E-state index < -0.39 is 0 Å². The van der Waals surface area contributed by atoms with Crippen LogP contribution in [0.2, 0.25) is 5.02 Å². The topological polar surface area (TPSA) is 15.3 Å². The molecule has 0 bridgehead atoms. The first-order valence-corrected chi connectivity index (χ1v) is 8.34. The van der Waals surface area contributed by atoms with E-state index in [9.17, 15) is 0 Å². The summed E-state index contributed by atoms with van der Waals surface area (Å²) in [7, 11) is 0. The van der Waals surface area contributed by atoms with Crippen molar-refractivity contribution in [2.24, 2.45) is 11.3 Å². The molecule has 0 radical (unpaired) electrons. The Balaban J connectivity index is 2.36. The van der Waals surface area contributed by atoms with Crippen LogP contribution in [0.15, 0.2) is 18.2 Å². The standard InChI is InChI=1S/C18H29ClN2/c1-12(2)16-10-20-17(18(4,5)6)11-21(16)15-9-14(19)8-7-13(15)3/h7-9,12,16-17,20H,10-11H2,1-6H3. The van der Waals surface area contributed by atoms with Gasteiger partial charge in [0.1, 0.15) is 0 Å². The van der Waals surface area contributed by atoms with Gasteiger partial charge in [0.15, 0.2) is 0 Å². The highest BCUT2D eigenvalue weighted by Gasteiger charge is 2.35. The summed E-state index contributed by atoms with van der Waals surface area (Å²) in [5, 5.41) is 4.57. The van der Waals surface area contributed by atoms with Crippen molar-refractivity contribution in [2.75, 3.05) is 18.0 Å². The van der Waals surface area contributed by atoms with E-state index in [4.69, 9.17) is 11.6 Å². The Hall–Kier alpha value is -0.730. The number of hydrogen-bond acceptors (Lipinski definition) is 2. The molecule has 2 atom stereocenters. The summed E-state index contributed by atoms with van der Waals surface area (Å²) in [5.41, 5.74) is 2.85. The van der Waals surface area contributed by atoms with Crippen molar-refractivity contribution >= 4 is 17.3 Å². The zero-order valence-electron chi connectivity index (χ0n) is 14.2. The molecule has 2 rings (SSSR count). The molecule has 1 aromatic carbocycles. The van der Waals surface area contributed by atoms with Crippen molar-refractivity contribution in [2.45, 2.75) is 53.6 Å². The van der Waals surface area contributed by atoms with Crippen molar-refractivity contribution in [1.29, 1.82) is 0 Å². The highest BCUT2D eigenvalue weighted by atomic mass is 35.5. The van der Waals surface area contributed by atoms with Gasteiger partial charge < -0.3 is 10.2 Å². The van der Waals surface area contributed by atoms with Crippen LogP contribution in [-0.4, -0.2) is 25.2 Å². The number of hydrogen-bond donors (Lipinski definition) is 1. The maximum atomic E-state index is 6.25. The highest BCUT2D eigenvalue weighted by molar-refractivity contribution is 6.30. The number of benzene rings is 1. The van der Waals surface area contributed by atoms with Crippen LogP contribution in [0, 0.1) is 18.3 Å². The molecule has 21 heavy (non-hydrogen) atoms. The zero-order chi connectivity index (χ0) is 15.8. The van der Waals surface area contributed by atoms with Gasteiger partial charge in [-0.05, 0) is 36.0 Å². The van der Waals surface area contributed by atoms with Crippen molar-refractivity contribution in [3.05, 3.63) is 28.8 Å². The van der Waals surface area contributed by atoms with Gasteiger partial charge in [0.05, 0.1) is 0 Å². The summed E-state index contributed by atoms with van der Waals surface area (Å²) in [5.74, 6) is 0.608. The normalized spacial score (nSPS) is 23.7. The zero-order valence-corrected chi connectivity index (χ0v) is 15.0. The Bertz CT molecular complexity index is 490. The molecule has 1 heterocycles. The molecule has 0 saturated carbocycles. The van der Waals surface area contributed by atoms with E-state index in [0.717, 1.165) is 18.1 Å². The number of halogens is 1. The number of nitrogens with one attached hydrogen (secondary N) is 1. The molecule has 1 N–H and O–H groups in total. The van der Waals surface area contributed by atoms with Gasteiger partial charge in [0.2, 0.25) is 0 Å². The second kappa shape index (κ2) is 6.18. The van der Waals surface area contributed by atoms with Crippen LogP contribution in [0.1, 0.15) is 40.2 Å². The minimum atomic E-state index is 0.257. The molecule has 1 fully saturated rings. The molecule has 1 saturated heterocycles. The first-order valence-electron chi connectivity index (χ1n) is 7.96. The van der Waals surface area contributed by atoms with E-state index in [2.05, 4.69) is 63.9 Å². The van der Waals surface area contributed by atoms with Crippen LogP contribution in [0.4, 0.5) is 5.69 Å². The minimum absolute atomic E-state index is 0.257. The third-order valence-electron chi connectivity index (χ3n) is 4.65. The molecule has 0 amide bonds. The average molecular weight is 309 g/mol. The Kier molecular flexibility index (Phi) is 4.89. The van der Waals surface area contributed by atoms with E-state index in [1.807, 2.05) is 6.07 Å². The van der Waals surface area contributed by atoms with Gasteiger partial charge in [-0.25, -0.2) is 0 Å². The number of piperazine rings is 1. The van der Waals surface area contributed by atoms with E-state index >= 15 is 0 Å². The molecule has 0 aromatic heterocycles. The fourth-order valence-corrected chi connectivity index (χ4v) is 3.28. The van der Waals surface area contributed by atoms with Gasteiger partial charge in [-0.2, -0.15) is 0 Å². The molecule has 0 aliphatic carbocycles. The molecule has 1 aliphatic heterocycles. The second-order valence-corrected chi connectivity index (χ2v) is 8.16. The van der Waals surface area contributed by atoms with Crippen molar-refractivity contribution in [3.63, 3.8) is 0 Å². The number of nitrogens with zero attached hydrogens (tertiary/aromatic N) is 1. The monoisotopic (exact) mass is 308 g/mol. The molecule has 118 valence electrons. The number of aryl methyl sites for hydroxylation is 1. The summed E-state index contributed by atoms with van der Waals surface area (Å²) < 4.78 is 0. The van der Waals surface area contributed by atoms with Crippen LogP contribution < -0.4 is 10.2 Å². The maximum absolute atomic E-state index is 6.25. The van der Waals surface area contributed by atoms with E-state index in [0.29, 0.717) is 18.0 Å². The molecule has 0 spiro atoms. The Morgan fingerprint density at radius 1 is 1.29 bits per heavy atom. The lowest BCUT2D eigenvalue weighted by Crippen LogP contribution is -2.62. The highest BCUT2D eigenvalue weighted by Crippen LogP contribution is 2.32. The molecular formula is C18H29ClN2. The number of anilines is 1. The van der Waals surface area contributed by atoms with Crippen molar-refractivity contribution in [3.8, 4) is 0 Å². The lowest BCUT2D eigenvalue weighted by molar-refractivity contribution is 0.220. The van der Waals surface area contributed by atoms with Gasteiger partial charge in [0.25, 0.3) is 0 Å². The lowest BCUT2D eigenvalue weighted by Gasteiger charge is -2.48. The molecule has 1 aromatic rings. The third kappa shape index (κ3) is 3.73. The predicted octanol–water partition coefficient (Wildman–Crippen LogP) is 4.50. The molecule has 1 aliphatic rings. The van der Waals surface area contributed by atoms with Gasteiger partial charge in [-0.3, -0.25) is 0 Å². The SMILES string of the molecule is Cc1ccc(Cl)cc1N1CC(C(C)(C)C)NCC1C(C)C. The quantitative estimate of drug-likeness (QED) is 0.865. The van der Waals surface area contributed by atoms with Crippen LogP contribution in [0.3, 0.4) is 0 Å². The van der Waals surface area contributed by atoms with Crippen LogP contribution in [-0.2, 0) is 0 Å². The third-order valence-corrected chi connectivity index (χ3v) is 4.88. The van der Waals surface area contributed by atoms with Gasteiger partial charge in [-0.15, -0.1) is 0 Å². The average Bonchev–Trinajstić information content (AvgIpc) is 2.39. The fourth-order valence-electron chi connectivity index (χ4n) is 3.11. The Morgan fingerprint density at radius 3 is 2.52 bits per heavy atom. The maximum Gasteiger partial charge on any atom is 0.0438 e. The smallest absolute Gasteiger partial charge is 0.0438 e. The molecular weight excluding hydrogens is 280 g/mol. The van der Waals surface area contributed by atoms with Crippen molar-refractivity contribution in [1.82, 2.24) is 5.32 Å². The first kappa shape index (κ1) is 16.6. The minimum Gasteiger partial charge on any atom is -0.365 e. The predicted molar refractivity (Wildman–Crippen MR) is 93.4 cm³/mol. The van der Waals surface area contributed by atoms with Crippen LogP contribution in [0.25, 0.3) is 0 Å². The summed E-state index contributed by atoms with van der Waals surface area (Å²) in [6.07, 6.45) is 0. The van der Waals surface area contributed by atoms with Crippen molar-refractivity contribution < 1.29 is 0 Å².